The van der Waals surface area contributed by atoms with E-state index in [1.807, 2.05) is 29.2 Å². The fraction of sp³-hybridized carbons (Fsp3) is 0.438. The molecule has 2 atom stereocenters. The minimum Gasteiger partial charge on any atom is -0.335 e. The van der Waals surface area contributed by atoms with Gasteiger partial charge in [-0.05, 0) is 37.4 Å². The van der Waals surface area contributed by atoms with Crippen LogP contribution in [0.1, 0.15) is 23.3 Å². The van der Waals surface area contributed by atoms with E-state index in [-0.39, 0.29) is 5.91 Å². The number of nitrogens with one attached hydrogen (secondary N) is 1. The molecule has 5 nitrogen and oxygen atoms in total. The highest BCUT2D eigenvalue weighted by molar-refractivity contribution is 5.94. The topological polar surface area (TPSA) is 58.1 Å². The van der Waals surface area contributed by atoms with E-state index < -0.39 is 0 Å². The molecular formula is C16H18N4O. The minimum absolute atomic E-state index is 0.00412. The second-order valence-electron chi connectivity index (χ2n) is 5.92. The first-order chi connectivity index (χ1) is 10.3. The maximum absolute atomic E-state index is 12.6. The molecule has 108 valence electrons. The van der Waals surface area contributed by atoms with E-state index in [1.165, 1.54) is 12.8 Å². The van der Waals surface area contributed by atoms with E-state index in [9.17, 15) is 4.79 Å². The highest BCUT2D eigenvalue weighted by Gasteiger charge is 2.37. The first-order valence-electron chi connectivity index (χ1n) is 7.56. The third-order valence-electron chi connectivity index (χ3n) is 4.55. The van der Waals surface area contributed by atoms with Crippen LogP contribution in [-0.4, -0.2) is 46.5 Å². The van der Waals surface area contributed by atoms with Crippen LogP contribution in [0.2, 0.25) is 0 Å². The lowest BCUT2D eigenvalue weighted by Gasteiger charge is -2.24. The van der Waals surface area contributed by atoms with Gasteiger partial charge in [0.1, 0.15) is 5.69 Å². The summed E-state index contributed by atoms with van der Waals surface area (Å²) in [7, 11) is 0. The number of likely N-dealkylation sites (tertiary alicyclic amines) is 1. The fourth-order valence-electron chi connectivity index (χ4n) is 3.43. The van der Waals surface area contributed by atoms with Crippen molar-refractivity contribution in [3.8, 4) is 0 Å². The summed E-state index contributed by atoms with van der Waals surface area (Å²) < 4.78 is 0. The standard InChI is InChI=1S/C16H18N4O/c21-16(20-9-11-4-3-7-17-15(11)10-20)14-8-18-12-5-1-2-6-13(12)19-14/h1-2,5-6,8,11,15,17H,3-4,7,9-10H2/t11-,15+/m0/s1. The Morgan fingerprint density at radius 1 is 1.24 bits per heavy atom. The zero-order valence-electron chi connectivity index (χ0n) is 11.8. The normalized spacial score (nSPS) is 25.0. The van der Waals surface area contributed by atoms with E-state index in [0.717, 1.165) is 30.7 Å². The Labute approximate surface area is 123 Å². The van der Waals surface area contributed by atoms with Crippen LogP contribution >= 0.6 is 0 Å². The van der Waals surface area contributed by atoms with Gasteiger partial charge in [0.15, 0.2) is 0 Å². The van der Waals surface area contributed by atoms with Gasteiger partial charge in [-0.25, -0.2) is 4.98 Å². The molecule has 0 unspecified atom stereocenters. The van der Waals surface area contributed by atoms with Crippen molar-refractivity contribution in [2.45, 2.75) is 18.9 Å². The number of amides is 1. The Balaban J connectivity index is 1.58. The van der Waals surface area contributed by atoms with Crippen LogP contribution in [0.25, 0.3) is 11.0 Å². The second-order valence-corrected chi connectivity index (χ2v) is 5.92. The molecule has 0 saturated carbocycles. The Morgan fingerprint density at radius 2 is 2.10 bits per heavy atom. The van der Waals surface area contributed by atoms with Gasteiger partial charge in [-0.15, -0.1) is 0 Å². The Morgan fingerprint density at radius 3 is 2.95 bits per heavy atom. The number of benzene rings is 1. The first kappa shape index (κ1) is 12.7. The van der Waals surface area contributed by atoms with Gasteiger partial charge >= 0.3 is 0 Å². The Kier molecular flexibility index (Phi) is 3.07. The average molecular weight is 282 g/mol. The molecule has 2 aliphatic heterocycles. The molecule has 0 spiro atoms. The smallest absolute Gasteiger partial charge is 0.274 e. The number of hydrogen-bond donors (Lipinski definition) is 1. The highest BCUT2D eigenvalue weighted by atomic mass is 16.2. The van der Waals surface area contributed by atoms with E-state index in [4.69, 9.17) is 0 Å². The molecule has 21 heavy (non-hydrogen) atoms. The van der Waals surface area contributed by atoms with Crippen molar-refractivity contribution < 1.29 is 4.79 Å². The molecule has 2 saturated heterocycles. The quantitative estimate of drug-likeness (QED) is 0.860. The zero-order valence-corrected chi connectivity index (χ0v) is 11.8. The van der Waals surface area contributed by atoms with Crippen LogP contribution in [0.5, 0.6) is 0 Å². The number of carbonyl (C=O) groups is 1. The minimum atomic E-state index is 0.00412. The maximum Gasteiger partial charge on any atom is 0.274 e. The van der Waals surface area contributed by atoms with E-state index in [0.29, 0.717) is 17.7 Å². The third-order valence-corrected chi connectivity index (χ3v) is 4.55. The molecular weight excluding hydrogens is 264 g/mol. The van der Waals surface area contributed by atoms with Crippen molar-refractivity contribution in [3.63, 3.8) is 0 Å². The molecule has 4 rings (SSSR count). The number of nitrogens with zero attached hydrogens (tertiary/aromatic N) is 3. The SMILES string of the molecule is O=C(c1cnc2ccccc2n1)N1C[C@@H]2CCCN[C@@H]2C1. The van der Waals surface area contributed by atoms with Crippen molar-refractivity contribution in [2.24, 2.45) is 5.92 Å². The van der Waals surface area contributed by atoms with Crippen LogP contribution in [0.4, 0.5) is 0 Å². The lowest BCUT2D eigenvalue weighted by molar-refractivity contribution is 0.0780. The van der Waals surface area contributed by atoms with Gasteiger partial charge in [0.05, 0.1) is 17.2 Å². The summed E-state index contributed by atoms with van der Waals surface area (Å²) in [5, 5.41) is 3.52. The van der Waals surface area contributed by atoms with Crippen LogP contribution < -0.4 is 5.32 Å². The van der Waals surface area contributed by atoms with Crippen molar-refractivity contribution in [1.82, 2.24) is 20.2 Å². The third kappa shape index (κ3) is 2.27. The predicted molar refractivity (Wildman–Crippen MR) is 80.0 cm³/mol. The first-order valence-corrected chi connectivity index (χ1v) is 7.56. The molecule has 5 heteroatoms. The van der Waals surface area contributed by atoms with Crippen LogP contribution in [0, 0.1) is 5.92 Å². The molecule has 2 aliphatic rings. The summed E-state index contributed by atoms with van der Waals surface area (Å²) in [5.74, 6) is 0.598. The number of rotatable bonds is 1. The zero-order chi connectivity index (χ0) is 14.2. The molecule has 0 bridgehead atoms. The number of aromatic nitrogens is 2. The van der Waals surface area contributed by atoms with Crippen molar-refractivity contribution >= 4 is 16.9 Å². The fourth-order valence-corrected chi connectivity index (χ4v) is 3.43. The van der Waals surface area contributed by atoms with E-state index in [1.54, 1.807) is 6.20 Å². The molecule has 1 aromatic carbocycles. The molecule has 1 amide bonds. The lowest BCUT2D eigenvalue weighted by Crippen LogP contribution is -2.41. The summed E-state index contributed by atoms with van der Waals surface area (Å²) in [6, 6.07) is 8.10. The van der Waals surface area contributed by atoms with Crippen molar-refractivity contribution in [1.29, 1.82) is 0 Å². The summed E-state index contributed by atoms with van der Waals surface area (Å²) in [5.41, 5.74) is 2.05. The molecule has 2 aromatic rings. The van der Waals surface area contributed by atoms with Crippen molar-refractivity contribution in [3.05, 3.63) is 36.2 Å². The number of para-hydroxylation sites is 2. The van der Waals surface area contributed by atoms with Gasteiger partial charge in [0.25, 0.3) is 5.91 Å². The van der Waals surface area contributed by atoms with Crippen LogP contribution in [0.3, 0.4) is 0 Å². The molecule has 3 heterocycles. The largest absolute Gasteiger partial charge is 0.335 e. The second kappa shape index (κ2) is 5.07. The van der Waals surface area contributed by atoms with E-state index in [2.05, 4.69) is 15.3 Å². The number of hydrogen-bond acceptors (Lipinski definition) is 4. The summed E-state index contributed by atoms with van der Waals surface area (Å²) in [4.78, 5) is 23.4. The Bertz CT molecular complexity index is 673. The van der Waals surface area contributed by atoms with Crippen LogP contribution in [0.15, 0.2) is 30.5 Å². The molecule has 2 fully saturated rings. The Hall–Kier alpha value is -2.01. The number of carbonyl (C=O) groups excluding carboxylic acids is 1. The van der Waals surface area contributed by atoms with E-state index >= 15 is 0 Å². The molecule has 0 radical (unpaired) electrons. The summed E-state index contributed by atoms with van der Waals surface area (Å²) in [6.07, 6.45) is 4.02. The van der Waals surface area contributed by atoms with Gasteiger partial charge < -0.3 is 10.2 Å². The number of piperidine rings is 1. The molecule has 0 aliphatic carbocycles. The lowest BCUT2D eigenvalue weighted by atomic mass is 9.94. The predicted octanol–water partition coefficient (Wildman–Crippen LogP) is 1.45. The average Bonchev–Trinajstić information content (AvgIpc) is 2.97. The number of fused-ring (bicyclic) bond motifs is 2. The summed E-state index contributed by atoms with van der Waals surface area (Å²) in [6.45, 7) is 2.70. The summed E-state index contributed by atoms with van der Waals surface area (Å²) >= 11 is 0. The van der Waals surface area contributed by atoms with Gasteiger partial charge in [0, 0.05) is 19.1 Å². The highest BCUT2D eigenvalue weighted by Crippen LogP contribution is 2.25. The molecule has 1 N–H and O–H groups in total. The van der Waals surface area contributed by atoms with Gasteiger partial charge in [-0.2, -0.15) is 0 Å². The molecule has 1 aromatic heterocycles. The van der Waals surface area contributed by atoms with Gasteiger partial charge in [-0.3, -0.25) is 9.78 Å². The maximum atomic E-state index is 12.6. The van der Waals surface area contributed by atoms with Gasteiger partial charge in [0.2, 0.25) is 0 Å². The monoisotopic (exact) mass is 282 g/mol. The van der Waals surface area contributed by atoms with Crippen molar-refractivity contribution in [2.75, 3.05) is 19.6 Å². The van der Waals surface area contributed by atoms with Crippen LogP contribution in [-0.2, 0) is 0 Å². The van der Waals surface area contributed by atoms with Gasteiger partial charge in [-0.1, -0.05) is 12.1 Å².